The normalized spacial score (nSPS) is 11.2. The van der Waals surface area contributed by atoms with Gasteiger partial charge in [-0.05, 0) is 66.9 Å². The molecule has 0 spiro atoms. The first-order chi connectivity index (χ1) is 17.4. The summed E-state index contributed by atoms with van der Waals surface area (Å²) in [6.07, 6.45) is 2.97. The summed E-state index contributed by atoms with van der Waals surface area (Å²) in [4.78, 5) is 30.0. The van der Waals surface area contributed by atoms with Gasteiger partial charge in [0.25, 0.3) is 11.5 Å². The number of fused-ring (bicyclic) bond motifs is 1. The molecule has 1 N–H and O–H groups in total. The molecule has 0 fully saturated rings. The Labute approximate surface area is 221 Å². The van der Waals surface area contributed by atoms with E-state index < -0.39 is 0 Å². The highest BCUT2D eigenvalue weighted by molar-refractivity contribution is 9.10. The summed E-state index contributed by atoms with van der Waals surface area (Å²) in [7, 11) is 0. The van der Waals surface area contributed by atoms with Crippen LogP contribution in [0.2, 0.25) is 5.02 Å². The Hall–Kier alpha value is -3.49. The minimum absolute atomic E-state index is 0.185. The van der Waals surface area contributed by atoms with Crippen LogP contribution in [0.15, 0.2) is 75.0 Å². The monoisotopic (exact) mass is 566 g/mol. The zero-order valence-electron chi connectivity index (χ0n) is 19.8. The fourth-order valence-electron chi connectivity index (χ4n) is 3.58. The molecule has 0 unspecified atom stereocenters. The van der Waals surface area contributed by atoms with Crippen molar-refractivity contribution in [3.63, 3.8) is 0 Å². The second-order valence-corrected chi connectivity index (χ2v) is 9.47. The van der Waals surface area contributed by atoms with Gasteiger partial charge in [-0.25, -0.2) is 4.98 Å². The van der Waals surface area contributed by atoms with Gasteiger partial charge in [-0.15, -0.1) is 0 Å². The summed E-state index contributed by atoms with van der Waals surface area (Å²) in [6.45, 7) is 3.75. The molecule has 0 saturated heterocycles. The van der Waals surface area contributed by atoms with Crippen molar-refractivity contribution in [1.29, 1.82) is 0 Å². The van der Waals surface area contributed by atoms with E-state index in [-0.39, 0.29) is 18.1 Å². The molecule has 9 heteroatoms. The number of hydrogen-bond donors (Lipinski definition) is 1. The number of rotatable bonds is 8. The minimum Gasteiger partial charge on any atom is -0.482 e. The average Bonchev–Trinajstić information content (AvgIpc) is 2.85. The second kappa shape index (κ2) is 11.5. The summed E-state index contributed by atoms with van der Waals surface area (Å²) in [5.74, 6) is 0.665. The molecular weight excluding hydrogens is 544 g/mol. The number of amides is 1. The molecule has 0 bridgehead atoms. The van der Waals surface area contributed by atoms with Crippen molar-refractivity contribution in [1.82, 2.24) is 9.66 Å². The Bertz CT molecular complexity index is 1520. The number of aromatic nitrogens is 2. The summed E-state index contributed by atoms with van der Waals surface area (Å²) in [5.41, 5.74) is 2.75. The van der Waals surface area contributed by atoms with Crippen LogP contribution < -0.4 is 15.6 Å². The molecule has 0 aliphatic heterocycles. The maximum atomic E-state index is 13.1. The molecular formula is C27H24BrClN4O3. The number of hydrogen-bond acceptors (Lipinski definition) is 5. The van der Waals surface area contributed by atoms with E-state index in [2.05, 4.69) is 31.3 Å². The smallest absolute Gasteiger partial charge is 0.282 e. The quantitative estimate of drug-likeness (QED) is 0.266. The molecule has 1 heterocycles. The summed E-state index contributed by atoms with van der Waals surface area (Å²) >= 11 is 9.79. The number of anilines is 1. The molecule has 0 atom stereocenters. The third-order valence-corrected chi connectivity index (χ3v) is 6.19. The number of para-hydroxylation sites is 1. The van der Waals surface area contributed by atoms with Crippen LogP contribution in [0.1, 0.15) is 30.3 Å². The van der Waals surface area contributed by atoms with Gasteiger partial charge in [0.15, 0.2) is 6.61 Å². The van der Waals surface area contributed by atoms with Crippen LogP contribution in [-0.4, -0.2) is 28.4 Å². The number of benzene rings is 3. The van der Waals surface area contributed by atoms with E-state index in [4.69, 9.17) is 16.3 Å². The number of nitrogens with one attached hydrogen (secondary N) is 1. The number of nitrogens with zero attached hydrogens (tertiary/aromatic N) is 3. The molecule has 0 saturated carbocycles. The highest BCUT2D eigenvalue weighted by Crippen LogP contribution is 2.25. The molecule has 184 valence electrons. The number of aryl methyl sites for hydroxylation is 2. The van der Waals surface area contributed by atoms with Gasteiger partial charge >= 0.3 is 0 Å². The molecule has 1 amide bonds. The first-order valence-corrected chi connectivity index (χ1v) is 12.6. The van der Waals surface area contributed by atoms with E-state index in [9.17, 15) is 9.59 Å². The van der Waals surface area contributed by atoms with E-state index >= 15 is 0 Å². The molecule has 0 aliphatic rings. The number of ether oxygens (including phenoxy) is 1. The van der Waals surface area contributed by atoms with Crippen molar-refractivity contribution in [2.24, 2.45) is 5.10 Å². The SMILES string of the molecule is CCCc1nc2ccc(Br)cc2c(=O)n1N=Cc1ccc(OCC(=O)Nc2ccccc2C)c(Cl)c1. The maximum Gasteiger partial charge on any atom is 0.282 e. The Morgan fingerprint density at radius 3 is 2.75 bits per heavy atom. The average molecular weight is 568 g/mol. The first kappa shape index (κ1) is 25.6. The van der Waals surface area contributed by atoms with Gasteiger partial charge in [0.1, 0.15) is 11.6 Å². The Morgan fingerprint density at radius 2 is 2.00 bits per heavy atom. The summed E-state index contributed by atoms with van der Waals surface area (Å²) in [5, 5.41) is 8.03. The zero-order valence-corrected chi connectivity index (χ0v) is 22.1. The standard InChI is InChI=1S/C27H24BrClN4O3/c1-3-6-25-31-23-11-10-19(28)14-20(23)27(35)33(25)30-15-18-9-12-24(21(29)13-18)36-16-26(34)32-22-8-5-4-7-17(22)2/h4-5,7-15H,3,6,16H2,1-2H3,(H,32,34). The van der Waals surface area contributed by atoms with Gasteiger partial charge in [0.05, 0.1) is 22.1 Å². The number of carbonyl (C=O) groups is 1. The highest BCUT2D eigenvalue weighted by atomic mass is 79.9. The van der Waals surface area contributed by atoms with E-state index in [1.807, 2.05) is 50.2 Å². The number of carbonyl (C=O) groups excluding carboxylic acids is 1. The topological polar surface area (TPSA) is 85.6 Å². The first-order valence-electron chi connectivity index (χ1n) is 11.4. The van der Waals surface area contributed by atoms with Gasteiger partial charge in [-0.3, -0.25) is 9.59 Å². The molecule has 36 heavy (non-hydrogen) atoms. The van der Waals surface area contributed by atoms with Crippen molar-refractivity contribution in [3.8, 4) is 5.75 Å². The van der Waals surface area contributed by atoms with Crippen molar-refractivity contribution >= 4 is 56.2 Å². The maximum absolute atomic E-state index is 13.1. The van der Waals surface area contributed by atoms with E-state index in [1.165, 1.54) is 4.68 Å². The van der Waals surface area contributed by atoms with Crippen LogP contribution in [0.5, 0.6) is 5.75 Å². The molecule has 4 rings (SSSR count). The van der Waals surface area contributed by atoms with Crippen molar-refractivity contribution in [2.45, 2.75) is 26.7 Å². The Balaban J connectivity index is 1.50. The van der Waals surface area contributed by atoms with Crippen LogP contribution in [0.3, 0.4) is 0 Å². The van der Waals surface area contributed by atoms with E-state index in [0.717, 1.165) is 22.1 Å². The number of halogens is 2. The van der Waals surface area contributed by atoms with E-state index in [1.54, 1.807) is 30.5 Å². The zero-order chi connectivity index (χ0) is 25.7. The fraction of sp³-hybridized carbons (Fsp3) is 0.185. The Morgan fingerprint density at radius 1 is 1.19 bits per heavy atom. The largest absolute Gasteiger partial charge is 0.482 e. The lowest BCUT2D eigenvalue weighted by molar-refractivity contribution is -0.118. The molecule has 4 aromatic rings. The minimum atomic E-state index is -0.288. The third kappa shape index (κ3) is 6.01. The van der Waals surface area contributed by atoms with Gasteiger partial charge in [-0.1, -0.05) is 52.7 Å². The van der Waals surface area contributed by atoms with Crippen LogP contribution in [0, 0.1) is 6.92 Å². The molecule has 0 radical (unpaired) electrons. The lowest BCUT2D eigenvalue weighted by atomic mass is 10.2. The van der Waals surface area contributed by atoms with Crippen LogP contribution >= 0.6 is 27.5 Å². The predicted octanol–water partition coefficient (Wildman–Crippen LogP) is 5.97. The van der Waals surface area contributed by atoms with Gasteiger partial charge in [0, 0.05) is 16.6 Å². The third-order valence-electron chi connectivity index (χ3n) is 5.41. The lowest BCUT2D eigenvalue weighted by Crippen LogP contribution is -2.22. The molecule has 3 aromatic carbocycles. The molecule has 1 aromatic heterocycles. The van der Waals surface area contributed by atoms with Crippen LogP contribution in [-0.2, 0) is 11.2 Å². The highest BCUT2D eigenvalue weighted by Gasteiger charge is 2.11. The van der Waals surface area contributed by atoms with Crippen molar-refractivity contribution in [3.05, 3.63) is 97.5 Å². The van der Waals surface area contributed by atoms with Crippen LogP contribution in [0.25, 0.3) is 10.9 Å². The molecule has 0 aliphatic carbocycles. The van der Waals surface area contributed by atoms with Crippen molar-refractivity contribution in [2.75, 3.05) is 11.9 Å². The molecule has 7 nitrogen and oxygen atoms in total. The Kier molecular flexibility index (Phi) is 8.18. The van der Waals surface area contributed by atoms with Crippen molar-refractivity contribution < 1.29 is 9.53 Å². The summed E-state index contributed by atoms with van der Waals surface area (Å²) < 4.78 is 7.72. The van der Waals surface area contributed by atoms with Gasteiger partial charge < -0.3 is 10.1 Å². The van der Waals surface area contributed by atoms with Crippen LogP contribution in [0.4, 0.5) is 5.69 Å². The lowest BCUT2D eigenvalue weighted by Gasteiger charge is -2.11. The van der Waals surface area contributed by atoms with E-state index in [0.29, 0.717) is 39.5 Å². The summed E-state index contributed by atoms with van der Waals surface area (Å²) in [6, 6.07) is 18.0. The fourth-order valence-corrected chi connectivity index (χ4v) is 4.19. The van der Waals surface area contributed by atoms with Gasteiger partial charge in [0.2, 0.25) is 0 Å². The van der Waals surface area contributed by atoms with Gasteiger partial charge in [-0.2, -0.15) is 9.78 Å². The second-order valence-electron chi connectivity index (χ2n) is 8.14. The predicted molar refractivity (Wildman–Crippen MR) is 147 cm³/mol.